The van der Waals surface area contributed by atoms with E-state index in [1.807, 2.05) is 13.8 Å². The minimum atomic E-state index is 1.01. The highest BCUT2D eigenvalue weighted by Crippen LogP contribution is 2.01. The Balaban J connectivity index is 2.93. The standard InChI is InChI=1S/C6H8N2/c1-5-6(2)8-4-3-7-5/h3,7H,1-2H3. The Morgan fingerprint density at radius 3 is 2.75 bits per heavy atom. The Morgan fingerprint density at radius 1 is 1.62 bits per heavy atom. The van der Waals surface area contributed by atoms with Crippen molar-refractivity contribution in [1.82, 2.24) is 5.32 Å². The van der Waals surface area contributed by atoms with E-state index in [1.54, 1.807) is 6.20 Å². The Hall–Kier alpha value is -1.01. The lowest BCUT2D eigenvalue weighted by atomic mass is 10.4. The van der Waals surface area contributed by atoms with Gasteiger partial charge in [-0.25, -0.2) is 4.99 Å². The van der Waals surface area contributed by atoms with Crippen LogP contribution in [-0.4, -0.2) is 5.87 Å². The van der Waals surface area contributed by atoms with Crippen LogP contribution in [0.15, 0.2) is 22.6 Å². The van der Waals surface area contributed by atoms with Crippen molar-refractivity contribution in [3.05, 3.63) is 17.6 Å². The lowest BCUT2D eigenvalue weighted by Crippen LogP contribution is -2.05. The molecule has 0 aliphatic carbocycles. The van der Waals surface area contributed by atoms with Gasteiger partial charge in [0.05, 0.1) is 11.9 Å². The van der Waals surface area contributed by atoms with E-state index < -0.39 is 0 Å². The van der Waals surface area contributed by atoms with Gasteiger partial charge in [-0.2, -0.15) is 0 Å². The topological polar surface area (TPSA) is 24.4 Å². The molecule has 1 heterocycles. The maximum absolute atomic E-state index is 3.92. The molecule has 0 aromatic heterocycles. The SMILES string of the molecule is CC1=C(C)NC=C=N1. The maximum atomic E-state index is 3.92. The zero-order chi connectivity index (χ0) is 5.98. The summed E-state index contributed by atoms with van der Waals surface area (Å²) in [5.74, 6) is 2.70. The van der Waals surface area contributed by atoms with E-state index in [4.69, 9.17) is 0 Å². The van der Waals surface area contributed by atoms with Crippen LogP contribution < -0.4 is 5.32 Å². The fourth-order valence-corrected chi connectivity index (χ4v) is 0.458. The molecule has 1 aliphatic heterocycles. The number of hydrogen-bond donors (Lipinski definition) is 1. The van der Waals surface area contributed by atoms with Gasteiger partial charge in [-0.15, -0.1) is 0 Å². The van der Waals surface area contributed by atoms with Crippen LogP contribution >= 0.6 is 0 Å². The van der Waals surface area contributed by atoms with Crippen molar-refractivity contribution in [2.75, 3.05) is 0 Å². The number of allylic oxidation sites excluding steroid dienone is 2. The minimum absolute atomic E-state index is 1.01. The summed E-state index contributed by atoms with van der Waals surface area (Å²) >= 11 is 0. The van der Waals surface area contributed by atoms with Crippen molar-refractivity contribution < 1.29 is 0 Å². The molecule has 0 amide bonds. The molecule has 0 spiro atoms. The molecule has 42 valence electrons. The summed E-state index contributed by atoms with van der Waals surface area (Å²) < 4.78 is 0. The van der Waals surface area contributed by atoms with E-state index >= 15 is 0 Å². The summed E-state index contributed by atoms with van der Waals surface area (Å²) in [5.41, 5.74) is 2.11. The molecule has 2 heteroatoms. The van der Waals surface area contributed by atoms with Crippen LogP contribution in [0.2, 0.25) is 0 Å². The highest BCUT2D eigenvalue weighted by atomic mass is 14.9. The predicted molar refractivity (Wildman–Crippen MR) is 33.5 cm³/mol. The van der Waals surface area contributed by atoms with Crippen LogP contribution in [0.25, 0.3) is 0 Å². The molecule has 8 heavy (non-hydrogen) atoms. The van der Waals surface area contributed by atoms with Crippen molar-refractivity contribution in [2.45, 2.75) is 13.8 Å². The van der Waals surface area contributed by atoms with E-state index in [-0.39, 0.29) is 0 Å². The monoisotopic (exact) mass is 108 g/mol. The Morgan fingerprint density at radius 2 is 2.38 bits per heavy atom. The molecule has 0 fully saturated rings. The molecule has 0 aromatic rings. The van der Waals surface area contributed by atoms with Crippen molar-refractivity contribution in [3.63, 3.8) is 0 Å². The second kappa shape index (κ2) is 1.85. The Kier molecular flexibility index (Phi) is 1.18. The van der Waals surface area contributed by atoms with Crippen molar-refractivity contribution in [3.8, 4) is 0 Å². The molecular weight excluding hydrogens is 100 g/mol. The molecule has 0 saturated carbocycles. The van der Waals surface area contributed by atoms with Gasteiger partial charge in [-0.3, -0.25) is 0 Å². The van der Waals surface area contributed by atoms with Gasteiger partial charge >= 0.3 is 0 Å². The van der Waals surface area contributed by atoms with Gasteiger partial charge in [0.15, 0.2) is 0 Å². The van der Waals surface area contributed by atoms with E-state index in [2.05, 4.69) is 16.2 Å². The third-order valence-electron chi connectivity index (χ3n) is 1.13. The van der Waals surface area contributed by atoms with Crippen LogP contribution in [0, 0.1) is 0 Å². The number of nitrogens with one attached hydrogen (secondary N) is 1. The highest BCUT2D eigenvalue weighted by Gasteiger charge is 1.92. The summed E-state index contributed by atoms with van der Waals surface area (Å²) in [5, 5.41) is 2.98. The molecule has 1 rings (SSSR count). The largest absolute Gasteiger partial charge is 0.356 e. The quantitative estimate of drug-likeness (QED) is 0.492. The van der Waals surface area contributed by atoms with Crippen molar-refractivity contribution in [1.29, 1.82) is 0 Å². The van der Waals surface area contributed by atoms with Gasteiger partial charge < -0.3 is 5.32 Å². The molecule has 0 aromatic carbocycles. The van der Waals surface area contributed by atoms with Gasteiger partial charge in [-0.1, -0.05) is 0 Å². The fourth-order valence-electron chi connectivity index (χ4n) is 0.458. The smallest absolute Gasteiger partial charge is 0.0662 e. The molecule has 0 atom stereocenters. The lowest BCUT2D eigenvalue weighted by molar-refractivity contribution is 0.997. The average Bonchev–Trinajstić information content (AvgIpc) is 1.77. The molecule has 2 nitrogen and oxygen atoms in total. The summed E-state index contributed by atoms with van der Waals surface area (Å²) in [6.45, 7) is 3.93. The normalized spacial score (nSPS) is 16.8. The van der Waals surface area contributed by atoms with Crippen LogP contribution in [0.5, 0.6) is 0 Å². The van der Waals surface area contributed by atoms with Crippen LogP contribution in [0.1, 0.15) is 13.8 Å². The molecular formula is C6H8N2. The number of hydrogen-bond acceptors (Lipinski definition) is 2. The molecule has 0 saturated heterocycles. The summed E-state index contributed by atoms with van der Waals surface area (Å²) in [6.07, 6.45) is 1.70. The van der Waals surface area contributed by atoms with Crippen molar-refractivity contribution >= 4 is 5.87 Å². The predicted octanol–water partition coefficient (Wildman–Crippen LogP) is 1.02. The van der Waals surface area contributed by atoms with Gasteiger partial charge in [0.1, 0.15) is 0 Å². The lowest BCUT2D eigenvalue weighted by Gasteiger charge is -2.02. The third-order valence-corrected chi connectivity index (χ3v) is 1.13. The molecule has 0 unspecified atom stereocenters. The van der Waals surface area contributed by atoms with Gasteiger partial charge in [-0.05, 0) is 13.8 Å². The maximum Gasteiger partial charge on any atom is 0.0662 e. The Labute approximate surface area is 48.6 Å². The number of nitrogens with zero attached hydrogens (tertiary/aromatic N) is 1. The second-order valence-corrected chi connectivity index (χ2v) is 1.74. The molecule has 0 bridgehead atoms. The van der Waals surface area contributed by atoms with E-state index in [1.165, 1.54) is 0 Å². The first-order valence-electron chi connectivity index (χ1n) is 2.52. The first-order valence-corrected chi connectivity index (χ1v) is 2.52. The van der Waals surface area contributed by atoms with Crippen LogP contribution in [0.3, 0.4) is 0 Å². The van der Waals surface area contributed by atoms with Gasteiger partial charge in [0.2, 0.25) is 0 Å². The summed E-state index contributed by atoms with van der Waals surface area (Å²) in [7, 11) is 0. The third kappa shape index (κ3) is 0.796. The Bertz CT molecular complexity index is 183. The first-order chi connectivity index (χ1) is 3.80. The summed E-state index contributed by atoms with van der Waals surface area (Å²) in [4.78, 5) is 3.92. The van der Waals surface area contributed by atoms with E-state index in [0.29, 0.717) is 0 Å². The second-order valence-electron chi connectivity index (χ2n) is 1.74. The van der Waals surface area contributed by atoms with Crippen LogP contribution in [0.4, 0.5) is 0 Å². The van der Waals surface area contributed by atoms with E-state index in [9.17, 15) is 0 Å². The average molecular weight is 108 g/mol. The molecule has 1 N–H and O–H groups in total. The zero-order valence-corrected chi connectivity index (χ0v) is 5.02. The first kappa shape index (κ1) is 5.13. The summed E-state index contributed by atoms with van der Waals surface area (Å²) in [6, 6.07) is 0. The molecule has 0 radical (unpaired) electrons. The number of aliphatic imine (C=N–C) groups is 1. The van der Waals surface area contributed by atoms with Gasteiger partial charge in [0, 0.05) is 11.6 Å². The van der Waals surface area contributed by atoms with Crippen molar-refractivity contribution in [2.24, 2.45) is 4.99 Å². The minimum Gasteiger partial charge on any atom is -0.356 e. The van der Waals surface area contributed by atoms with E-state index in [0.717, 1.165) is 11.4 Å². The van der Waals surface area contributed by atoms with Crippen LogP contribution in [-0.2, 0) is 0 Å². The molecule has 1 aliphatic rings. The zero-order valence-electron chi connectivity index (χ0n) is 5.02. The van der Waals surface area contributed by atoms with Gasteiger partial charge in [0.25, 0.3) is 0 Å². The highest BCUT2D eigenvalue weighted by molar-refractivity contribution is 5.55. The fraction of sp³-hybridized carbons (Fsp3) is 0.333. The number of rotatable bonds is 0.